The number of carbonyl (C=O) groups excluding carboxylic acids is 2. The van der Waals surface area contributed by atoms with Crippen LogP contribution in [0.2, 0.25) is 5.02 Å². The predicted molar refractivity (Wildman–Crippen MR) is 67.1 cm³/mol. The second-order valence-corrected chi connectivity index (χ2v) is 4.14. The third-order valence-electron chi connectivity index (χ3n) is 2.44. The Hall–Kier alpha value is -2.14. The molecule has 2 aromatic rings. The van der Waals surface area contributed by atoms with E-state index in [1.165, 1.54) is 17.7 Å². The fourth-order valence-corrected chi connectivity index (χ4v) is 1.77. The molecule has 0 bridgehead atoms. The molecular weight excluding hydrogens is 254 g/mol. The van der Waals surface area contributed by atoms with Crippen LogP contribution in [0.15, 0.2) is 30.5 Å². The van der Waals surface area contributed by atoms with Gasteiger partial charge in [-0.1, -0.05) is 11.6 Å². The highest BCUT2D eigenvalue weighted by molar-refractivity contribution is 6.32. The van der Waals surface area contributed by atoms with Crippen LogP contribution < -0.4 is 5.73 Å². The van der Waals surface area contributed by atoms with E-state index < -0.39 is 5.91 Å². The Morgan fingerprint density at radius 2 is 2.06 bits per heavy atom. The Morgan fingerprint density at radius 1 is 1.33 bits per heavy atom. The van der Waals surface area contributed by atoms with Gasteiger partial charge in [0.15, 0.2) is 5.78 Å². The first kappa shape index (κ1) is 12.3. The van der Waals surface area contributed by atoms with Crippen LogP contribution >= 0.6 is 11.6 Å². The zero-order chi connectivity index (χ0) is 13.3. The third-order valence-corrected chi connectivity index (χ3v) is 2.75. The van der Waals surface area contributed by atoms with E-state index in [4.69, 9.17) is 17.3 Å². The summed E-state index contributed by atoms with van der Waals surface area (Å²) in [7, 11) is 0. The number of rotatable bonds is 3. The molecule has 0 saturated carbocycles. The SMILES string of the molecule is CC(=O)c1ccc(-n2ccc(C(N)=O)n2)c(Cl)c1. The fraction of sp³-hybridized carbons (Fsp3) is 0.0833. The zero-order valence-electron chi connectivity index (χ0n) is 9.55. The van der Waals surface area contributed by atoms with Crippen LogP contribution in [-0.4, -0.2) is 21.5 Å². The number of primary amides is 1. The van der Waals surface area contributed by atoms with Gasteiger partial charge in [0.2, 0.25) is 0 Å². The molecule has 1 amide bonds. The number of ketones is 1. The molecule has 0 aliphatic rings. The van der Waals surface area contributed by atoms with Crippen LogP contribution in [0.5, 0.6) is 0 Å². The van der Waals surface area contributed by atoms with Gasteiger partial charge in [-0.15, -0.1) is 0 Å². The van der Waals surface area contributed by atoms with Gasteiger partial charge in [0.25, 0.3) is 5.91 Å². The maximum atomic E-state index is 11.2. The molecule has 0 aliphatic heterocycles. The first-order chi connectivity index (χ1) is 8.49. The molecule has 0 atom stereocenters. The van der Waals surface area contributed by atoms with E-state index in [2.05, 4.69) is 5.10 Å². The second kappa shape index (κ2) is 4.62. The van der Waals surface area contributed by atoms with Gasteiger partial charge in [0.05, 0.1) is 10.7 Å². The van der Waals surface area contributed by atoms with E-state index in [1.807, 2.05) is 0 Å². The van der Waals surface area contributed by atoms with Crippen LogP contribution in [0.1, 0.15) is 27.8 Å². The lowest BCUT2D eigenvalue weighted by Gasteiger charge is -2.05. The molecule has 0 fully saturated rings. The van der Waals surface area contributed by atoms with Crippen LogP contribution in [0.25, 0.3) is 5.69 Å². The van der Waals surface area contributed by atoms with E-state index in [-0.39, 0.29) is 11.5 Å². The van der Waals surface area contributed by atoms with Gasteiger partial charge in [0.1, 0.15) is 5.69 Å². The molecule has 1 heterocycles. The highest BCUT2D eigenvalue weighted by atomic mass is 35.5. The number of benzene rings is 1. The number of aromatic nitrogens is 2. The van der Waals surface area contributed by atoms with Crippen molar-refractivity contribution in [3.8, 4) is 5.69 Å². The van der Waals surface area contributed by atoms with Crippen molar-refractivity contribution in [2.24, 2.45) is 5.73 Å². The maximum Gasteiger partial charge on any atom is 0.269 e. The average molecular weight is 264 g/mol. The van der Waals surface area contributed by atoms with Crippen molar-refractivity contribution in [3.63, 3.8) is 0 Å². The van der Waals surface area contributed by atoms with Crippen LogP contribution in [0, 0.1) is 0 Å². The van der Waals surface area contributed by atoms with E-state index in [1.54, 1.807) is 24.4 Å². The number of amides is 1. The molecule has 0 radical (unpaired) electrons. The molecule has 18 heavy (non-hydrogen) atoms. The highest BCUT2D eigenvalue weighted by Crippen LogP contribution is 2.21. The molecule has 0 unspecified atom stereocenters. The van der Waals surface area contributed by atoms with Crippen molar-refractivity contribution in [1.82, 2.24) is 9.78 Å². The van der Waals surface area contributed by atoms with Gasteiger partial charge in [-0.2, -0.15) is 5.10 Å². The summed E-state index contributed by atoms with van der Waals surface area (Å²) in [4.78, 5) is 22.1. The monoisotopic (exact) mass is 263 g/mol. The molecule has 1 aromatic carbocycles. The Balaban J connectivity index is 2.44. The van der Waals surface area contributed by atoms with Crippen LogP contribution in [0.3, 0.4) is 0 Å². The number of halogens is 1. The third kappa shape index (κ3) is 2.26. The Morgan fingerprint density at radius 3 is 2.56 bits per heavy atom. The number of hydrogen-bond donors (Lipinski definition) is 1. The minimum atomic E-state index is -0.606. The number of nitrogens with two attached hydrogens (primary N) is 1. The minimum absolute atomic E-state index is 0.0678. The molecular formula is C12H10ClN3O2. The fourth-order valence-electron chi connectivity index (χ4n) is 1.50. The topological polar surface area (TPSA) is 78.0 Å². The van der Waals surface area contributed by atoms with Crippen molar-refractivity contribution in [2.45, 2.75) is 6.92 Å². The van der Waals surface area contributed by atoms with Crippen molar-refractivity contribution >= 4 is 23.3 Å². The lowest BCUT2D eigenvalue weighted by atomic mass is 10.1. The highest BCUT2D eigenvalue weighted by Gasteiger charge is 2.10. The summed E-state index contributed by atoms with van der Waals surface area (Å²) in [6.07, 6.45) is 1.58. The number of hydrogen-bond acceptors (Lipinski definition) is 3. The summed E-state index contributed by atoms with van der Waals surface area (Å²) >= 11 is 6.07. The van der Waals surface area contributed by atoms with Gasteiger partial charge >= 0.3 is 0 Å². The first-order valence-corrected chi connectivity index (χ1v) is 5.53. The summed E-state index contributed by atoms with van der Waals surface area (Å²) in [5, 5.41) is 4.36. The van der Waals surface area contributed by atoms with E-state index >= 15 is 0 Å². The lowest BCUT2D eigenvalue weighted by Crippen LogP contribution is -2.12. The normalized spacial score (nSPS) is 10.3. The molecule has 1 aromatic heterocycles. The van der Waals surface area contributed by atoms with E-state index in [0.29, 0.717) is 16.3 Å². The summed E-state index contributed by atoms with van der Waals surface area (Å²) in [6, 6.07) is 6.37. The van der Waals surface area contributed by atoms with Gasteiger partial charge in [-0.05, 0) is 31.2 Å². The Kier molecular flexibility index (Phi) is 3.16. The molecule has 5 nitrogen and oxygen atoms in total. The van der Waals surface area contributed by atoms with Gasteiger partial charge in [0, 0.05) is 11.8 Å². The van der Waals surface area contributed by atoms with Gasteiger partial charge < -0.3 is 5.73 Å². The number of carbonyl (C=O) groups is 2. The summed E-state index contributed by atoms with van der Waals surface area (Å²) in [6.45, 7) is 1.46. The summed E-state index contributed by atoms with van der Waals surface area (Å²) in [5.74, 6) is -0.674. The van der Waals surface area contributed by atoms with Gasteiger partial charge in [-0.3, -0.25) is 9.59 Å². The Labute approximate surface area is 108 Å². The quantitative estimate of drug-likeness (QED) is 0.858. The van der Waals surface area contributed by atoms with E-state index in [9.17, 15) is 9.59 Å². The second-order valence-electron chi connectivity index (χ2n) is 3.73. The standard InChI is InChI=1S/C12H10ClN3O2/c1-7(17)8-2-3-11(9(13)6-8)16-5-4-10(15-16)12(14)18/h2-6H,1H3,(H2,14,18). The summed E-state index contributed by atoms with van der Waals surface area (Å²) < 4.78 is 1.44. The molecule has 0 aliphatic carbocycles. The lowest BCUT2D eigenvalue weighted by molar-refractivity contribution is 0.0992. The Bertz CT molecular complexity index is 634. The predicted octanol–water partition coefficient (Wildman–Crippen LogP) is 1.83. The van der Waals surface area contributed by atoms with Gasteiger partial charge in [-0.25, -0.2) is 4.68 Å². The van der Waals surface area contributed by atoms with Crippen molar-refractivity contribution < 1.29 is 9.59 Å². The van der Waals surface area contributed by atoms with Crippen molar-refractivity contribution in [1.29, 1.82) is 0 Å². The average Bonchev–Trinajstić information content (AvgIpc) is 2.78. The largest absolute Gasteiger partial charge is 0.364 e. The zero-order valence-corrected chi connectivity index (χ0v) is 10.3. The van der Waals surface area contributed by atoms with Crippen molar-refractivity contribution in [3.05, 3.63) is 46.7 Å². The molecule has 6 heteroatoms. The van der Waals surface area contributed by atoms with Crippen LogP contribution in [-0.2, 0) is 0 Å². The number of Topliss-reactive ketones (excluding diaryl/α,β-unsaturated/α-hetero) is 1. The summed E-state index contributed by atoms with van der Waals surface area (Å²) in [5.41, 5.74) is 6.37. The molecule has 0 saturated heterocycles. The van der Waals surface area contributed by atoms with Crippen LogP contribution in [0.4, 0.5) is 0 Å². The molecule has 0 spiro atoms. The smallest absolute Gasteiger partial charge is 0.269 e. The van der Waals surface area contributed by atoms with Crippen molar-refractivity contribution in [2.75, 3.05) is 0 Å². The first-order valence-electron chi connectivity index (χ1n) is 5.15. The molecule has 2 rings (SSSR count). The molecule has 92 valence electrons. The number of nitrogens with zero attached hydrogens (tertiary/aromatic N) is 2. The maximum absolute atomic E-state index is 11.2. The molecule has 2 N–H and O–H groups in total. The minimum Gasteiger partial charge on any atom is -0.364 e. The van der Waals surface area contributed by atoms with E-state index in [0.717, 1.165) is 0 Å².